The summed E-state index contributed by atoms with van der Waals surface area (Å²) in [7, 11) is 0. The van der Waals surface area contributed by atoms with Gasteiger partial charge in [0.2, 0.25) is 0 Å². The highest BCUT2D eigenvalue weighted by atomic mass is 16.5. The van der Waals surface area contributed by atoms with E-state index in [0.717, 1.165) is 11.5 Å². The Morgan fingerprint density at radius 2 is 1.56 bits per heavy atom. The molecule has 3 nitrogen and oxygen atoms in total. The molecule has 0 saturated heterocycles. The molecule has 3 heteroatoms. The van der Waals surface area contributed by atoms with Crippen molar-refractivity contribution < 1.29 is 14.6 Å². The number of aliphatic hydroxyl groups is 1. The first kappa shape index (κ1) is 12.8. The Morgan fingerprint density at radius 3 is 2.00 bits per heavy atom. The van der Waals surface area contributed by atoms with Crippen LogP contribution < -0.4 is 9.47 Å². The minimum atomic E-state index is -0.424. The standard InChI is InChI=1S/C13H20O3/c1-4-15-11-5-7-12(8-6-11)16-9-13(14)10(2)3/h5-8,10,13-14H,4,9H2,1-3H3. The predicted octanol–water partition coefficient (Wildman–Crippen LogP) is 2.48. The number of ether oxygens (including phenoxy) is 2. The minimum absolute atomic E-state index is 0.211. The van der Waals surface area contributed by atoms with Crippen LogP contribution >= 0.6 is 0 Å². The molecule has 0 aliphatic heterocycles. The Balaban J connectivity index is 2.43. The smallest absolute Gasteiger partial charge is 0.119 e. The molecule has 1 aromatic carbocycles. The molecule has 0 spiro atoms. The van der Waals surface area contributed by atoms with Gasteiger partial charge in [-0.3, -0.25) is 0 Å². The summed E-state index contributed by atoms with van der Waals surface area (Å²) < 4.78 is 10.8. The Kier molecular flexibility index (Phi) is 5.12. The summed E-state index contributed by atoms with van der Waals surface area (Å²) >= 11 is 0. The van der Waals surface area contributed by atoms with Gasteiger partial charge in [-0.1, -0.05) is 13.8 Å². The summed E-state index contributed by atoms with van der Waals surface area (Å²) in [6.45, 7) is 6.86. The van der Waals surface area contributed by atoms with Crippen LogP contribution in [-0.2, 0) is 0 Å². The molecule has 1 rings (SSSR count). The van der Waals surface area contributed by atoms with Crippen molar-refractivity contribution in [3.05, 3.63) is 24.3 Å². The third-order valence-corrected chi connectivity index (χ3v) is 2.33. The number of hydrogen-bond donors (Lipinski definition) is 1. The number of hydrogen-bond acceptors (Lipinski definition) is 3. The van der Waals surface area contributed by atoms with Crippen molar-refractivity contribution in [3.63, 3.8) is 0 Å². The van der Waals surface area contributed by atoms with Gasteiger partial charge in [0.25, 0.3) is 0 Å². The van der Waals surface area contributed by atoms with E-state index in [1.54, 1.807) is 0 Å². The zero-order valence-electron chi connectivity index (χ0n) is 10.1. The van der Waals surface area contributed by atoms with Gasteiger partial charge in [0.15, 0.2) is 0 Å². The second kappa shape index (κ2) is 6.38. The number of rotatable bonds is 6. The van der Waals surface area contributed by atoms with Crippen molar-refractivity contribution in [2.75, 3.05) is 13.2 Å². The molecule has 0 saturated carbocycles. The number of aliphatic hydroxyl groups excluding tert-OH is 1. The molecule has 0 amide bonds. The Hall–Kier alpha value is -1.22. The van der Waals surface area contributed by atoms with E-state index < -0.39 is 6.10 Å². The zero-order chi connectivity index (χ0) is 12.0. The van der Waals surface area contributed by atoms with Crippen molar-refractivity contribution in [2.24, 2.45) is 5.92 Å². The monoisotopic (exact) mass is 224 g/mol. The van der Waals surface area contributed by atoms with Crippen molar-refractivity contribution in [2.45, 2.75) is 26.9 Å². The molecule has 0 bridgehead atoms. The van der Waals surface area contributed by atoms with Crippen LogP contribution in [-0.4, -0.2) is 24.4 Å². The molecule has 0 radical (unpaired) electrons. The molecular weight excluding hydrogens is 204 g/mol. The molecular formula is C13H20O3. The maximum Gasteiger partial charge on any atom is 0.119 e. The molecule has 90 valence electrons. The first-order valence-corrected chi connectivity index (χ1v) is 5.67. The van der Waals surface area contributed by atoms with E-state index in [1.807, 2.05) is 45.0 Å². The van der Waals surface area contributed by atoms with Gasteiger partial charge in [0.1, 0.15) is 18.1 Å². The molecule has 16 heavy (non-hydrogen) atoms. The summed E-state index contributed by atoms with van der Waals surface area (Å²) in [6.07, 6.45) is -0.424. The van der Waals surface area contributed by atoms with E-state index in [4.69, 9.17) is 9.47 Å². The van der Waals surface area contributed by atoms with Crippen LogP contribution in [0.3, 0.4) is 0 Å². The highest BCUT2D eigenvalue weighted by Gasteiger charge is 2.09. The molecule has 0 fully saturated rings. The van der Waals surface area contributed by atoms with Crippen molar-refractivity contribution in [1.82, 2.24) is 0 Å². The zero-order valence-corrected chi connectivity index (χ0v) is 10.1. The van der Waals surface area contributed by atoms with E-state index >= 15 is 0 Å². The third kappa shape index (κ3) is 4.11. The fourth-order valence-electron chi connectivity index (χ4n) is 1.17. The maximum atomic E-state index is 9.58. The fraction of sp³-hybridized carbons (Fsp3) is 0.538. The Bertz CT molecular complexity index is 293. The molecule has 0 aliphatic rings. The fourth-order valence-corrected chi connectivity index (χ4v) is 1.17. The van der Waals surface area contributed by atoms with Gasteiger partial charge < -0.3 is 14.6 Å². The van der Waals surface area contributed by atoms with Crippen LogP contribution in [0.2, 0.25) is 0 Å². The Labute approximate surface area is 97.0 Å². The Morgan fingerprint density at radius 1 is 1.06 bits per heavy atom. The van der Waals surface area contributed by atoms with Crippen LogP contribution in [0.4, 0.5) is 0 Å². The molecule has 1 aromatic rings. The van der Waals surface area contributed by atoms with Crippen LogP contribution in [0.15, 0.2) is 24.3 Å². The lowest BCUT2D eigenvalue weighted by Gasteiger charge is -2.15. The lowest BCUT2D eigenvalue weighted by atomic mass is 10.1. The lowest BCUT2D eigenvalue weighted by molar-refractivity contribution is 0.0701. The first-order valence-electron chi connectivity index (χ1n) is 5.67. The van der Waals surface area contributed by atoms with Crippen LogP contribution in [0.5, 0.6) is 11.5 Å². The highest BCUT2D eigenvalue weighted by Crippen LogP contribution is 2.18. The molecule has 0 heterocycles. The molecule has 0 aliphatic carbocycles. The van der Waals surface area contributed by atoms with Crippen LogP contribution in [0.25, 0.3) is 0 Å². The average molecular weight is 224 g/mol. The molecule has 1 unspecified atom stereocenters. The van der Waals surface area contributed by atoms with Gasteiger partial charge in [0, 0.05) is 0 Å². The quantitative estimate of drug-likeness (QED) is 0.806. The molecule has 1 N–H and O–H groups in total. The van der Waals surface area contributed by atoms with Gasteiger partial charge in [0.05, 0.1) is 12.7 Å². The highest BCUT2D eigenvalue weighted by molar-refractivity contribution is 5.31. The average Bonchev–Trinajstić information content (AvgIpc) is 2.28. The van der Waals surface area contributed by atoms with Gasteiger partial charge >= 0.3 is 0 Å². The van der Waals surface area contributed by atoms with E-state index in [-0.39, 0.29) is 5.92 Å². The maximum absolute atomic E-state index is 9.58. The van der Waals surface area contributed by atoms with Gasteiger partial charge in [-0.25, -0.2) is 0 Å². The topological polar surface area (TPSA) is 38.7 Å². The first-order chi connectivity index (χ1) is 7.63. The van der Waals surface area contributed by atoms with Crippen molar-refractivity contribution in [1.29, 1.82) is 0 Å². The van der Waals surface area contributed by atoms with Gasteiger partial charge in [-0.15, -0.1) is 0 Å². The van der Waals surface area contributed by atoms with E-state index in [9.17, 15) is 5.11 Å². The van der Waals surface area contributed by atoms with Crippen LogP contribution in [0, 0.1) is 5.92 Å². The number of benzene rings is 1. The van der Waals surface area contributed by atoms with E-state index in [2.05, 4.69) is 0 Å². The van der Waals surface area contributed by atoms with Crippen molar-refractivity contribution >= 4 is 0 Å². The third-order valence-electron chi connectivity index (χ3n) is 2.33. The summed E-state index contributed by atoms with van der Waals surface area (Å²) in [5, 5.41) is 9.58. The van der Waals surface area contributed by atoms with Gasteiger partial charge in [-0.05, 0) is 37.1 Å². The molecule has 1 atom stereocenters. The normalized spacial score (nSPS) is 12.6. The largest absolute Gasteiger partial charge is 0.494 e. The SMILES string of the molecule is CCOc1ccc(OCC(O)C(C)C)cc1. The summed E-state index contributed by atoms with van der Waals surface area (Å²) in [6, 6.07) is 7.41. The molecule has 0 aromatic heterocycles. The lowest BCUT2D eigenvalue weighted by Crippen LogP contribution is -2.23. The summed E-state index contributed by atoms with van der Waals surface area (Å²) in [5.41, 5.74) is 0. The predicted molar refractivity (Wildman–Crippen MR) is 64.0 cm³/mol. The minimum Gasteiger partial charge on any atom is -0.494 e. The summed E-state index contributed by atoms with van der Waals surface area (Å²) in [4.78, 5) is 0. The second-order valence-electron chi connectivity index (χ2n) is 4.03. The van der Waals surface area contributed by atoms with Crippen molar-refractivity contribution in [3.8, 4) is 11.5 Å². The second-order valence-corrected chi connectivity index (χ2v) is 4.03. The van der Waals surface area contributed by atoms with Crippen LogP contribution in [0.1, 0.15) is 20.8 Å². The van der Waals surface area contributed by atoms with E-state index in [1.165, 1.54) is 0 Å². The van der Waals surface area contributed by atoms with E-state index in [0.29, 0.717) is 13.2 Å². The van der Waals surface area contributed by atoms with Gasteiger partial charge in [-0.2, -0.15) is 0 Å². The summed E-state index contributed by atoms with van der Waals surface area (Å²) in [5.74, 6) is 1.80.